The van der Waals surface area contributed by atoms with Crippen LogP contribution in [0.15, 0.2) is 75.9 Å². The normalized spacial score (nSPS) is 17.2. The second kappa shape index (κ2) is 9.16. The summed E-state index contributed by atoms with van der Waals surface area (Å²) in [5.41, 5.74) is 5.01. The maximum Gasteiger partial charge on any atom is 0.453 e. The molecule has 0 aliphatic carbocycles. The highest BCUT2D eigenvalue weighted by molar-refractivity contribution is 5.92. The Labute approximate surface area is 159 Å². The molecule has 1 N–H and O–H groups in total. The van der Waals surface area contributed by atoms with Crippen LogP contribution in [0.4, 0.5) is 5.69 Å². The molecule has 1 atom stereocenters. The van der Waals surface area contributed by atoms with Crippen LogP contribution < -0.4 is 5.59 Å². The van der Waals surface area contributed by atoms with Gasteiger partial charge in [0.1, 0.15) is 12.2 Å². The van der Waals surface area contributed by atoms with E-state index in [0.29, 0.717) is 18.4 Å². The van der Waals surface area contributed by atoms with Crippen molar-refractivity contribution in [3.05, 3.63) is 66.2 Å². The number of hydrogen-bond acceptors (Lipinski definition) is 4. The van der Waals surface area contributed by atoms with Gasteiger partial charge in [0.05, 0.1) is 14.1 Å². The van der Waals surface area contributed by atoms with Crippen LogP contribution in [-0.4, -0.2) is 48.1 Å². The third-order valence-electron chi connectivity index (χ3n) is 4.13. The minimum Gasteiger partial charge on any atom is -0.359 e. The van der Waals surface area contributed by atoms with Crippen LogP contribution in [-0.2, 0) is 11.3 Å². The summed E-state index contributed by atoms with van der Waals surface area (Å²) >= 11 is 0. The number of azo groups is 1. The second-order valence-electron chi connectivity index (χ2n) is 6.60. The molecule has 3 rings (SSSR count). The first-order valence-electron chi connectivity index (χ1n) is 8.93. The molecule has 1 saturated heterocycles. The molecule has 0 radical (unpaired) electrons. The van der Waals surface area contributed by atoms with Gasteiger partial charge in [0, 0.05) is 11.2 Å². The fourth-order valence-electron chi connectivity index (χ4n) is 2.61. The highest BCUT2D eigenvalue weighted by atomic mass is 16.7. The van der Waals surface area contributed by atoms with Crippen LogP contribution >= 0.6 is 0 Å². The van der Waals surface area contributed by atoms with Crippen molar-refractivity contribution in [3.8, 4) is 0 Å². The lowest BCUT2D eigenvalue weighted by molar-refractivity contribution is -0.466. The van der Waals surface area contributed by atoms with Crippen molar-refractivity contribution in [3.63, 3.8) is 0 Å². The van der Waals surface area contributed by atoms with E-state index in [1.54, 1.807) is 4.58 Å². The van der Waals surface area contributed by atoms with Gasteiger partial charge >= 0.3 is 11.9 Å². The first kappa shape index (κ1) is 18.9. The average molecular weight is 365 g/mol. The van der Waals surface area contributed by atoms with E-state index in [0.717, 1.165) is 12.1 Å². The third-order valence-corrected chi connectivity index (χ3v) is 4.13. The molecule has 2 aromatic rings. The lowest BCUT2D eigenvalue weighted by Crippen LogP contribution is -2.39. The summed E-state index contributed by atoms with van der Waals surface area (Å²) in [5.74, 6) is 1.04. The second-order valence-corrected chi connectivity index (χ2v) is 6.60. The number of guanidine groups is 1. The van der Waals surface area contributed by atoms with Gasteiger partial charge in [-0.05, 0) is 36.0 Å². The Kier molecular flexibility index (Phi) is 6.40. The van der Waals surface area contributed by atoms with Gasteiger partial charge in [-0.1, -0.05) is 59.2 Å². The fourth-order valence-corrected chi connectivity index (χ4v) is 2.61. The van der Waals surface area contributed by atoms with E-state index in [9.17, 15) is 0 Å². The van der Waals surface area contributed by atoms with Crippen molar-refractivity contribution in [2.75, 3.05) is 20.6 Å². The Morgan fingerprint density at radius 2 is 1.78 bits per heavy atom. The molecule has 2 aromatic carbocycles. The summed E-state index contributed by atoms with van der Waals surface area (Å²) in [6.07, 6.45) is 0.919. The van der Waals surface area contributed by atoms with E-state index in [-0.39, 0.29) is 6.04 Å². The highest BCUT2D eigenvalue weighted by Crippen LogP contribution is 2.12. The average Bonchev–Trinajstić information content (AvgIpc) is 3.15. The zero-order valence-corrected chi connectivity index (χ0v) is 15.9. The van der Waals surface area contributed by atoms with E-state index < -0.39 is 0 Å². The topological polar surface area (TPSA) is 64.6 Å². The molecule has 1 unspecified atom stereocenters. The van der Waals surface area contributed by atoms with Gasteiger partial charge in [0.15, 0.2) is 0 Å². The van der Waals surface area contributed by atoms with E-state index in [1.165, 1.54) is 5.56 Å². The van der Waals surface area contributed by atoms with E-state index in [2.05, 4.69) is 52.0 Å². The maximum absolute atomic E-state index is 5.53. The first-order valence-corrected chi connectivity index (χ1v) is 8.93. The molecule has 7 nitrogen and oxygen atoms in total. The Morgan fingerprint density at radius 1 is 1.11 bits per heavy atom. The predicted octanol–water partition coefficient (Wildman–Crippen LogP) is 3.18. The quantitative estimate of drug-likeness (QED) is 0.392. The Morgan fingerprint density at radius 3 is 2.44 bits per heavy atom. The number of rotatable bonds is 4. The summed E-state index contributed by atoms with van der Waals surface area (Å²) < 4.78 is 1.80. The van der Waals surface area contributed by atoms with Gasteiger partial charge in [-0.15, -0.1) is 0 Å². The molecule has 0 amide bonds. The lowest BCUT2D eigenvalue weighted by atomic mass is 10.1. The first-order chi connectivity index (χ1) is 13.1. The fraction of sp³-hybridized carbons (Fsp3) is 0.300. The minimum atomic E-state index is 0.258. The van der Waals surface area contributed by atoms with Crippen LogP contribution in [0.1, 0.15) is 12.5 Å². The molecule has 1 aliphatic rings. The monoisotopic (exact) mass is 365 g/mol. The molecule has 0 aromatic heterocycles. The molecule has 1 fully saturated rings. The number of nitrogens with zero attached hydrogens (tertiary/aromatic N) is 5. The van der Waals surface area contributed by atoms with E-state index >= 15 is 0 Å². The van der Waals surface area contributed by atoms with E-state index in [4.69, 9.17) is 4.84 Å². The Bertz CT molecular complexity index is 828. The number of hydrazine groups is 1. The van der Waals surface area contributed by atoms with Crippen LogP contribution in [0.25, 0.3) is 0 Å². The molecule has 1 aliphatic heterocycles. The van der Waals surface area contributed by atoms with Gasteiger partial charge in [0.2, 0.25) is 0 Å². The predicted molar refractivity (Wildman–Crippen MR) is 106 cm³/mol. The third kappa shape index (κ3) is 5.54. The Hall–Kier alpha value is -2.90. The number of aliphatic imine (C=N–C) groups is 1. The van der Waals surface area contributed by atoms with Gasteiger partial charge < -0.3 is 4.84 Å². The SMILES string of the molecule is CC(Cc1ccccc1)N1C/C(=N\C(N=Nc2ccccc2)=[N+](C)C)ON1. The lowest BCUT2D eigenvalue weighted by Gasteiger charge is -2.20. The number of nitrogens with one attached hydrogen (secondary N) is 1. The van der Waals surface area contributed by atoms with Gasteiger partial charge in [-0.3, -0.25) is 4.58 Å². The van der Waals surface area contributed by atoms with Crippen LogP contribution in [0.2, 0.25) is 0 Å². The minimum absolute atomic E-state index is 0.258. The molecular formula is C20H25N6O+. The molecule has 0 bridgehead atoms. The van der Waals surface area contributed by atoms with Gasteiger partial charge in [-0.25, -0.2) is 0 Å². The number of benzene rings is 2. The molecule has 0 saturated carbocycles. The van der Waals surface area contributed by atoms with Crippen molar-refractivity contribution < 1.29 is 9.41 Å². The van der Waals surface area contributed by atoms with E-state index in [1.807, 2.05) is 55.5 Å². The van der Waals surface area contributed by atoms with Crippen molar-refractivity contribution in [2.24, 2.45) is 15.2 Å². The van der Waals surface area contributed by atoms with Crippen molar-refractivity contribution in [1.29, 1.82) is 0 Å². The van der Waals surface area contributed by atoms with Crippen LogP contribution in [0, 0.1) is 0 Å². The van der Waals surface area contributed by atoms with Crippen molar-refractivity contribution in [1.82, 2.24) is 10.6 Å². The molecule has 7 heteroatoms. The maximum atomic E-state index is 5.53. The summed E-state index contributed by atoms with van der Waals surface area (Å²) in [4.78, 5) is 10.0. The summed E-state index contributed by atoms with van der Waals surface area (Å²) in [6.45, 7) is 2.71. The molecule has 27 heavy (non-hydrogen) atoms. The Balaban J connectivity index is 1.64. The highest BCUT2D eigenvalue weighted by Gasteiger charge is 2.28. The summed E-state index contributed by atoms with van der Waals surface area (Å²) in [5, 5.41) is 10.5. The zero-order valence-electron chi connectivity index (χ0n) is 15.9. The van der Waals surface area contributed by atoms with Gasteiger partial charge in [-0.2, -0.15) is 5.01 Å². The standard InChI is InChI=1S/C20H25N6O/c1-16(14-17-10-6-4-7-11-17)26-15-19(27-24-26)21-20(25(2)3)23-22-18-12-8-5-9-13-18/h4-13,16,24H,14-15H2,1-3H3/q+1. The van der Waals surface area contributed by atoms with Gasteiger partial charge in [0.25, 0.3) is 0 Å². The van der Waals surface area contributed by atoms with Crippen molar-refractivity contribution >= 4 is 17.5 Å². The molecule has 140 valence electrons. The zero-order chi connectivity index (χ0) is 19.1. The summed E-state index contributed by atoms with van der Waals surface area (Å²) in [7, 11) is 3.75. The molecule has 1 heterocycles. The van der Waals surface area contributed by atoms with Crippen LogP contribution in [0.5, 0.6) is 0 Å². The molecular weight excluding hydrogens is 340 g/mol. The largest absolute Gasteiger partial charge is 0.453 e. The number of hydrogen-bond donors (Lipinski definition) is 1. The summed E-state index contributed by atoms with van der Waals surface area (Å²) in [6, 6.07) is 20.2. The van der Waals surface area contributed by atoms with Crippen LogP contribution in [0.3, 0.4) is 0 Å². The smallest absolute Gasteiger partial charge is 0.359 e. The van der Waals surface area contributed by atoms with Crippen molar-refractivity contribution in [2.45, 2.75) is 19.4 Å². The molecule has 0 spiro atoms.